The normalized spacial score (nSPS) is 13.1. The largest absolute Gasteiger partial charge is 0.350 e. The number of fused-ring (bicyclic) bond motifs is 1. The first-order valence-electron chi connectivity index (χ1n) is 7.18. The summed E-state index contributed by atoms with van der Waals surface area (Å²) < 4.78 is 0. The molecule has 0 spiro atoms. The summed E-state index contributed by atoms with van der Waals surface area (Å²) in [6, 6.07) is 12.4. The molecule has 1 N–H and O–H groups in total. The molecule has 0 bridgehead atoms. The molecular weight excluding hydrogens is 335 g/mol. The summed E-state index contributed by atoms with van der Waals surface area (Å²) in [7, 11) is 0. The second-order valence-electron chi connectivity index (χ2n) is 5.23. The van der Waals surface area contributed by atoms with Crippen molar-refractivity contribution < 1.29 is 9.59 Å². The minimum atomic E-state index is -0.286. The fourth-order valence-corrected chi connectivity index (χ4v) is 3.11. The van der Waals surface area contributed by atoms with Crippen LogP contribution in [0.2, 0.25) is 10.0 Å². The van der Waals surface area contributed by atoms with Crippen LogP contribution in [0, 0.1) is 0 Å². The van der Waals surface area contributed by atoms with Gasteiger partial charge in [-0.15, -0.1) is 0 Å². The van der Waals surface area contributed by atoms with Gasteiger partial charge in [0, 0.05) is 23.8 Å². The molecule has 0 fully saturated rings. The van der Waals surface area contributed by atoms with E-state index in [0.29, 0.717) is 35.1 Å². The third-order valence-electron chi connectivity index (χ3n) is 3.72. The highest BCUT2D eigenvalue weighted by molar-refractivity contribution is 6.36. The number of nitrogens with one attached hydrogen (secondary N) is 1. The van der Waals surface area contributed by atoms with Crippen molar-refractivity contribution >= 4 is 40.7 Å². The van der Waals surface area contributed by atoms with Crippen LogP contribution in [-0.4, -0.2) is 24.9 Å². The third-order valence-corrected chi connectivity index (χ3v) is 4.27. The Morgan fingerprint density at radius 1 is 1.17 bits per heavy atom. The van der Waals surface area contributed by atoms with E-state index in [1.165, 1.54) is 6.07 Å². The summed E-state index contributed by atoms with van der Waals surface area (Å²) >= 11 is 11.8. The second-order valence-corrected chi connectivity index (χ2v) is 6.07. The molecule has 3 rings (SSSR count). The van der Waals surface area contributed by atoms with Crippen LogP contribution in [-0.2, 0) is 11.2 Å². The Hall–Kier alpha value is -2.04. The van der Waals surface area contributed by atoms with Gasteiger partial charge in [-0.3, -0.25) is 9.59 Å². The van der Waals surface area contributed by atoms with Gasteiger partial charge in [0.25, 0.3) is 5.91 Å². The Labute approximate surface area is 144 Å². The van der Waals surface area contributed by atoms with Gasteiger partial charge >= 0.3 is 0 Å². The molecule has 118 valence electrons. The molecule has 2 aromatic carbocycles. The van der Waals surface area contributed by atoms with E-state index in [1.807, 2.05) is 24.3 Å². The lowest BCUT2D eigenvalue weighted by Crippen LogP contribution is -2.36. The standard InChI is InChI=1S/C17H14Cl2N2O2/c18-12-5-6-13(14(19)10-12)17(23)20-7-8-21-15-4-2-1-3-11(15)9-16(21)22/h1-6,10H,7-9H2,(H,20,23). The van der Waals surface area contributed by atoms with Crippen molar-refractivity contribution in [3.63, 3.8) is 0 Å². The number of carbonyl (C=O) groups is 2. The van der Waals surface area contributed by atoms with Crippen LogP contribution in [0.15, 0.2) is 42.5 Å². The fraction of sp³-hybridized carbons (Fsp3) is 0.176. The topological polar surface area (TPSA) is 49.4 Å². The molecule has 0 atom stereocenters. The van der Waals surface area contributed by atoms with Crippen molar-refractivity contribution in [1.82, 2.24) is 5.32 Å². The minimum absolute atomic E-state index is 0.0463. The molecule has 0 unspecified atom stereocenters. The second kappa shape index (κ2) is 6.60. The predicted molar refractivity (Wildman–Crippen MR) is 91.3 cm³/mol. The SMILES string of the molecule is O=C(NCCN1C(=O)Cc2ccccc21)c1ccc(Cl)cc1Cl. The van der Waals surface area contributed by atoms with Gasteiger partial charge in [-0.05, 0) is 29.8 Å². The lowest BCUT2D eigenvalue weighted by Gasteiger charge is -2.17. The van der Waals surface area contributed by atoms with Gasteiger partial charge in [-0.25, -0.2) is 0 Å². The molecule has 0 aromatic heterocycles. The first-order valence-corrected chi connectivity index (χ1v) is 7.93. The van der Waals surface area contributed by atoms with Crippen molar-refractivity contribution in [2.45, 2.75) is 6.42 Å². The number of hydrogen-bond acceptors (Lipinski definition) is 2. The summed E-state index contributed by atoms with van der Waals surface area (Å²) in [5, 5.41) is 3.56. The summed E-state index contributed by atoms with van der Waals surface area (Å²) in [6.07, 6.45) is 0.410. The minimum Gasteiger partial charge on any atom is -0.350 e. The van der Waals surface area contributed by atoms with Crippen LogP contribution >= 0.6 is 23.2 Å². The predicted octanol–water partition coefficient (Wildman–Crippen LogP) is 3.31. The molecule has 2 amide bonds. The molecule has 0 saturated carbocycles. The van der Waals surface area contributed by atoms with Crippen LogP contribution in [0.25, 0.3) is 0 Å². The zero-order chi connectivity index (χ0) is 16.4. The quantitative estimate of drug-likeness (QED) is 0.921. The van der Waals surface area contributed by atoms with Crippen molar-refractivity contribution in [2.24, 2.45) is 0 Å². The van der Waals surface area contributed by atoms with Crippen LogP contribution < -0.4 is 10.2 Å². The zero-order valence-electron chi connectivity index (χ0n) is 12.2. The van der Waals surface area contributed by atoms with E-state index >= 15 is 0 Å². The molecule has 4 nitrogen and oxygen atoms in total. The van der Waals surface area contributed by atoms with Crippen LogP contribution in [0.1, 0.15) is 15.9 Å². The first-order chi connectivity index (χ1) is 11.1. The zero-order valence-corrected chi connectivity index (χ0v) is 13.7. The van der Waals surface area contributed by atoms with E-state index in [2.05, 4.69) is 5.32 Å². The molecular formula is C17H14Cl2N2O2. The molecule has 1 heterocycles. The number of amides is 2. The number of nitrogens with zero attached hydrogens (tertiary/aromatic N) is 1. The van der Waals surface area contributed by atoms with Crippen LogP contribution in [0.4, 0.5) is 5.69 Å². The van der Waals surface area contributed by atoms with E-state index in [4.69, 9.17) is 23.2 Å². The van der Waals surface area contributed by atoms with E-state index in [1.54, 1.807) is 17.0 Å². The first kappa shape index (κ1) is 15.8. The van der Waals surface area contributed by atoms with Gasteiger partial charge in [-0.2, -0.15) is 0 Å². The summed E-state index contributed by atoms with van der Waals surface area (Å²) in [5.74, 6) is -0.239. The van der Waals surface area contributed by atoms with Crippen molar-refractivity contribution in [1.29, 1.82) is 0 Å². The van der Waals surface area contributed by atoms with Gasteiger partial charge in [0.05, 0.1) is 17.0 Å². The van der Waals surface area contributed by atoms with Gasteiger partial charge in [0.15, 0.2) is 0 Å². The molecule has 23 heavy (non-hydrogen) atoms. The van der Waals surface area contributed by atoms with Crippen LogP contribution in [0.5, 0.6) is 0 Å². The van der Waals surface area contributed by atoms with Gasteiger partial charge < -0.3 is 10.2 Å². The van der Waals surface area contributed by atoms with E-state index in [-0.39, 0.29) is 11.8 Å². The lowest BCUT2D eigenvalue weighted by molar-refractivity contribution is -0.117. The highest BCUT2D eigenvalue weighted by Gasteiger charge is 2.26. The van der Waals surface area contributed by atoms with E-state index < -0.39 is 0 Å². The third kappa shape index (κ3) is 3.33. The molecule has 6 heteroatoms. The van der Waals surface area contributed by atoms with Crippen LogP contribution in [0.3, 0.4) is 0 Å². The van der Waals surface area contributed by atoms with Gasteiger partial charge in [0.2, 0.25) is 5.91 Å². The average molecular weight is 349 g/mol. The molecule has 1 aliphatic heterocycles. The maximum Gasteiger partial charge on any atom is 0.252 e. The summed E-state index contributed by atoms with van der Waals surface area (Å²) in [6.45, 7) is 0.769. The Balaban J connectivity index is 1.61. The smallest absolute Gasteiger partial charge is 0.252 e. The van der Waals surface area contributed by atoms with Crippen molar-refractivity contribution in [3.05, 3.63) is 63.6 Å². The molecule has 0 saturated heterocycles. The van der Waals surface area contributed by atoms with Gasteiger partial charge in [0.1, 0.15) is 0 Å². The number of carbonyl (C=O) groups excluding carboxylic acids is 2. The highest BCUT2D eigenvalue weighted by atomic mass is 35.5. The number of anilines is 1. The Morgan fingerprint density at radius 3 is 2.74 bits per heavy atom. The highest BCUT2D eigenvalue weighted by Crippen LogP contribution is 2.27. The fourth-order valence-electron chi connectivity index (χ4n) is 2.61. The molecule has 2 aromatic rings. The number of halogens is 2. The maximum atomic E-state index is 12.1. The van der Waals surface area contributed by atoms with Crippen molar-refractivity contribution in [3.8, 4) is 0 Å². The number of rotatable bonds is 4. The Kier molecular flexibility index (Phi) is 4.55. The maximum absolute atomic E-state index is 12.1. The average Bonchev–Trinajstić information content (AvgIpc) is 2.83. The summed E-state index contributed by atoms with van der Waals surface area (Å²) in [4.78, 5) is 25.9. The molecule has 0 radical (unpaired) electrons. The van der Waals surface area contributed by atoms with Gasteiger partial charge in [-0.1, -0.05) is 41.4 Å². The Bertz CT molecular complexity index is 777. The summed E-state index contributed by atoms with van der Waals surface area (Å²) in [5.41, 5.74) is 2.30. The molecule has 0 aliphatic carbocycles. The number of benzene rings is 2. The van der Waals surface area contributed by atoms with E-state index in [9.17, 15) is 9.59 Å². The lowest BCUT2D eigenvalue weighted by atomic mass is 10.2. The van der Waals surface area contributed by atoms with Crippen molar-refractivity contribution in [2.75, 3.05) is 18.0 Å². The number of para-hydroxylation sites is 1. The monoisotopic (exact) mass is 348 g/mol. The van der Waals surface area contributed by atoms with E-state index in [0.717, 1.165) is 11.3 Å². The number of hydrogen-bond donors (Lipinski definition) is 1. The Morgan fingerprint density at radius 2 is 1.96 bits per heavy atom. The molecule has 1 aliphatic rings.